The van der Waals surface area contributed by atoms with E-state index in [4.69, 9.17) is 0 Å². The zero-order valence-electron chi connectivity index (χ0n) is 7.23. The van der Waals surface area contributed by atoms with Gasteiger partial charge in [0.2, 0.25) is 0 Å². The Morgan fingerprint density at radius 1 is 1.33 bits per heavy atom. The van der Waals surface area contributed by atoms with E-state index in [1.807, 2.05) is 32.7 Å². The molecule has 2 aromatic heterocycles. The van der Waals surface area contributed by atoms with E-state index >= 15 is 0 Å². The standard InChI is InChI=1S/C9H11N3/c1-11(2)8-3-5-12-6-4-10-7-9(8)12/h3-7H,1-2H3. The summed E-state index contributed by atoms with van der Waals surface area (Å²) < 4.78 is 2.06. The number of anilines is 1. The van der Waals surface area contributed by atoms with Gasteiger partial charge in [-0.05, 0) is 6.07 Å². The van der Waals surface area contributed by atoms with Crippen molar-refractivity contribution in [2.75, 3.05) is 19.0 Å². The minimum atomic E-state index is 1.14. The van der Waals surface area contributed by atoms with Gasteiger partial charge in [-0.1, -0.05) is 0 Å². The average molecular weight is 161 g/mol. The normalized spacial score (nSPS) is 10.5. The van der Waals surface area contributed by atoms with Crippen molar-refractivity contribution in [1.82, 2.24) is 9.38 Å². The van der Waals surface area contributed by atoms with Crippen LogP contribution in [0.5, 0.6) is 0 Å². The van der Waals surface area contributed by atoms with E-state index in [1.165, 1.54) is 5.69 Å². The van der Waals surface area contributed by atoms with Crippen LogP contribution in [0.2, 0.25) is 0 Å². The quantitative estimate of drug-likeness (QED) is 0.630. The third kappa shape index (κ3) is 0.942. The van der Waals surface area contributed by atoms with Crippen molar-refractivity contribution in [2.24, 2.45) is 0 Å². The minimum Gasteiger partial charge on any atom is -0.376 e. The van der Waals surface area contributed by atoms with Crippen molar-refractivity contribution in [1.29, 1.82) is 0 Å². The van der Waals surface area contributed by atoms with Crippen LogP contribution in [0.3, 0.4) is 0 Å². The average Bonchev–Trinajstić information content (AvgIpc) is 2.47. The molecule has 0 radical (unpaired) electrons. The summed E-state index contributed by atoms with van der Waals surface area (Å²) in [5.74, 6) is 0. The van der Waals surface area contributed by atoms with Gasteiger partial charge in [-0.15, -0.1) is 0 Å². The van der Waals surface area contributed by atoms with Crippen LogP contribution in [0.25, 0.3) is 5.52 Å². The molecule has 62 valence electrons. The summed E-state index contributed by atoms with van der Waals surface area (Å²) in [5, 5.41) is 0. The molecule has 0 amide bonds. The Labute approximate surface area is 71.3 Å². The van der Waals surface area contributed by atoms with Crippen LogP contribution in [0.4, 0.5) is 5.69 Å². The fraction of sp³-hybridized carbons (Fsp3) is 0.222. The van der Waals surface area contributed by atoms with E-state index in [-0.39, 0.29) is 0 Å². The fourth-order valence-corrected chi connectivity index (χ4v) is 1.31. The summed E-state index contributed by atoms with van der Waals surface area (Å²) in [4.78, 5) is 6.16. The lowest BCUT2D eigenvalue weighted by Crippen LogP contribution is -2.07. The molecule has 3 nitrogen and oxygen atoms in total. The Balaban J connectivity index is 2.70. The van der Waals surface area contributed by atoms with Gasteiger partial charge in [0.05, 0.1) is 17.4 Å². The molecule has 0 bridgehead atoms. The number of nitrogens with zero attached hydrogens (tertiary/aromatic N) is 3. The summed E-state index contributed by atoms with van der Waals surface area (Å²) in [6.45, 7) is 0. The molecular formula is C9H11N3. The van der Waals surface area contributed by atoms with E-state index in [2.05, 4.69) is 20.4 Å². The first-order chi connectivity index (χ1) is 5.79. The maximum atomic E-state index is 4.08. The molecule has 0 N–H and O–H groups in total. The van der Waals surface area contributed by atoms with Crippen LogP contribution in [-0.2, 0) is 0 Å². The number of rotatable bonds is 1. The largest absolute Gasteiger partial charge is 0.376 e. The number of aromatic nitrogens is 2. The second-order valence-corrected chi connectivity index (χ2v) is 2.96. The monoisotopic (exact) mass is 161 g/mol. The first kappa shape index (κ1) is 7.16. The number of hydrogen-bond donors (Lipinski definition) is 0. The maximum absolute atomic E-state index is 4.08. The summed E-state index contributed by atoms with van der Waals surface area (Å²) in [7, 11) is 4.06. The highest BCUT2D eigenvalue weighted by Gasteiger charge is 2.01. The van der Waals surface area contributed by atoms with Gasteiger partial charge in [0.15, 0.2) is 0 Å². The van der Waals surface area contributed by atoms with Crippen LogP contribution in [0.1, 0.15) is 0 Å². The summed E-state index contributed by atoms with van der Waals surface area (Å²) >= 11 is 0. The molecule has 0 aliphatic heterocycles. The predicted molar refractivity (Wildman–Crippen MR) is 49.5 cm³/mol. The highest BCUT2D eigenvalue weighted by Crippen LogP contribution is 2.19. The Morgan fingerprint density at radius 3 is 2.92 bits per heavy atom. The van der Waals surface area contributed by atoms with Gasteiger partial charge in [0.1, 0.15) is 0 Å². The van der Waals surface area contributed by atoms with Gasteiger partial charge in [0.25, 0.3) is 0 Å². The van der Waals surface area contributed by atoms with Crippen molar-refractivity contribution in [2.45, 2.75) is 0 Å². The van der Waals surface area contributed by atoms with Crippen molar-refractivity contribution in [3.05, 3.63) is 30.9 Å². The van der Waals surface area contributed by atoms with Gasteiger partial charge in [0, 0.05) is 32.7 Å². The topological polar surface area (TPSA) is 20.5 Å². The highest BCUT2D eigenvalue weighted by molar-refractivity contribution is 5.72. The zero-order valence-corrected chi connectivity index (χ0v) is 7.23. The SMILES string of the molecule is CN(C)c1ccn2ccncc12. The first-order valence-corrected chi connectivity index (χ1v) is 3.87. The zero-order chi connectivity index (χ0) is 8.55. The van der Waals surface area contributed by atoms with Crippen LogP contribution in [-0.4, -0.2) is 23.5 Å². The van der Waals surface area contributed by atoms with Gasteiger partial charge in [-0.3, -0.25) is 4.98 Å². The number of hydrogen-bond acceptors (Lipinski definition) is 2. The minimum absolute atomic E-state index is 1.14. The summed E-state index contributed by atoms with van der Waals surface area (Å²) in [6.07, 6.45) is 7.64. The van der Waals surface area contributed by atoms with Crippen LogP contribution in [0.15, 0.2) is 30.9 Å². The second kappa shape index (κ2) is 2.52. The van der Waals surface area contributed by atoms with Crippen LogP contribution in [0, 0.1) is 0 Å². The van der Waals surface area contributed by atoms with Gasteiger partial charge in [-0.25, -0.2) is 0 Å². The molecule has 0 saturated carbocycles. The molecule has 2 heterocycles. The Morgan fingerprint density at radius 2 is 2.17 bits per heavy atom. The summed E-state index contributed by atoms with van der Waals surface area (Å²) in [5.41, 5.74) is 2.34. The number of fused-ring (bicyclic) bond motifs is 1. The first-order valence-electron chi connectivity index (χ1n) is 3.87. The molecule has 3 heteroatoms. The highest BCUT2D eigenvalue weighted by atomic mass is 15.1. The molecule has 0 spiro atoms. The van der Waals surface area contributed by atoms with Crippen molar-refractivity contribution in [3.63, 3.8) is 0 Å². The smallest absolute Gasteiger partial charge is 0.0871 e. The Bertz CT molecular complexity index is 389. The molecule has 0 aliphatic carbocycles. The lowest BCUT2D eigenvalue weighted by molar-refractivity contribution is 1.12. The Kier molecular flexibility index (Phi) is 1.50. The molecule has 0 aromatic carbocycles. The van der Waals surface area contributed by atoms with E-state index in [0.717, 1.165) is 5.52 Å². The van der Waals surface area contributed by atoms with Crippen LogP contribution < -0.4 is 4.90 Å². The Hall–Kier alpha value is -1.51. The van der Waals surface area contributed by atoms with Crippen LogP contribution >= 0.6 is 0 Å². The second-order valence-electron chi connectivity index (χ2n) is 2.96. The molecule has 0 saturated heterocycles. The van der Waals surface area contributed by atoms with E-state index in [1.54, 1.807) is 6.20 Å². The van der Waals surface area contributed by atoms with E-state index < -0.39 is 0 Å². The van der Waals surface area contributed by atoms with Gasteiger partial charge in [-0.2, -0.15) is 0 Å². The molecule has 0 atom stereocenters. The molecular weight excluding hydrogens is 150 g/mol. The van der Waals surface area contributed by atoms with E-state index in [9.17, 15) is 0 Å². The van der Waals surface area contributed by atoms with Crippen molar-refractivity contribution >= 4 is 11.2 Å². The molecule has 12 heavy (non-hydrogen) atoms. The molecule has 0 unspecified atom stereocenters. The lowest BCUT2D eigenvalue weighted by Gasteiger charge is -2.09. The molecule has 0 aliphatic rings. The molecule has 2 rings (SSSR count). The maximum Gasteiger partial charge on any atom is 0.0871 e. The van der Waals surface area contributed by atoms with Crippen molar-refractivity contribution in [3.8, 4) is 0 Å². The lowest BCUT2D eigenvalue weighted by atomic mass is 10.4. The van der Waals surface area contributed by atoms with Gasteiger partial charge < -0.3 is 9.30 Å². The third-order valence-electron chi connectivity index (χ3n) is 1.93. The molecule has 2 aromatic rings. The van der Waals surface area contributed by atoms with E-state index in [0.29, 0.717) is 0 Å². The van der Waals surface area contributed by atoms with Gasteiger partial charge >= 0.3 is 0 Å². The van der Waals surface area contributed by atoms with Crippen molar-refractivity contribution < 1.29 is 0 Å². The predicted octanol–water partition coefficient (Wildman–Crippen LogP) is 1.40. The molecule has 0 fully saturated rings. The summed E-state index contributed by atoms with van der Waals surface area (Å²) in [6, 6.07) is 2.08. The third-order valence-corrected chi connectivity index (χ3v) is 1.93. The fourth-order valence-electron chi connectivity index (χ4n) is 1.31.